The number of rotatable bonds is 5. The summed E-state index contributed by atoms with van der Waals surface area (Å²) in [5.74, 6) is 0.579. The molecule has 9 rings (SSSR count). The summed E-state index contributed by atoms with van der Waals surface area (Å²) in [6.07, 6.45) is 0. The predicted molar refractivity (Wildman–Crippen MR) is 184 cm³/mol. The highest BCUT2D eigenvalue weighted by Gasteiger charge is 2.24. The van der Waals surface area contributed by atoms with Gasteiger partial charge in [-0.3, -0.25) is 0 Å². The lowest BCUT2D eigenvalue weighted by molar-refractivity contribution is 0.620. The Morgan fingerprint density at radius 1 is 0.489 bits per heavy atom. The number of hydrogen-bond acceptors (Lipinski definition) is 4. The van der Waals surface area contributed by atoms with Gasteiger partial charge in [-0.2, -0.15) is 0 Å². The Kier molecular flexibility index (Phi) is 5.78. The summed E-state index contributed by atoms with van der Waals surface area (Å²) in [5, 5.41) is 4.36. The molecule has 0 spiro atoms. The van der Waals surface area contributed by atoms with Crippen LogP contribution < -0.4 is 4.90 Å². The zero-order chi connectivity index (χ0) is 29.7. The summed E-state index contributed by atoms with van der Waals surface area (Å²) < 4.78 is 13.0. The molecule has 0 amide bonds. The molecule has 4 heteroatoms. The Bertz CT molecular complexity index is 2480. The zero-order valence-electron chi connectivity index (χ0n) is 24.2. The van der Waals surface area contributed by atoms with E-state index < -0.39 is 0 Å². The summed E-state index contributed by atoms with van der Waals surface area (Å²) in [5.41, 5.74) is 9.42. The highest BCUT2D eigenvalue weighted by Crippen LogP contribution is 2.47. The van der Waals surface area contributed by atoms with Gasteiger partial charge in [-0.25, -0.2) is 4.98 Å². The normalized spacial score (nSPS) is 11.6. The van der Waals surface area contributed by atoms with E-state index in [0.29, 0.717) is 5.89 Å². The monoisotopic (exact) mass is 578 g/mol. The lowest BCUT2D eigenvalue weighted by Gasteiger charge is -2.28. The van der Waals surface area contributed by atoms with Crippen molar-refractivity contribution >= 4 is 60.9 Å². The Balaban J connectivity index is 1.32. The molecule has 0 radical (unpaired) electrons. The number of aromatic nitrogens is 1. The number of nitrogens with zero attached hydrogens (tertiary/aromatic N) is 2. The molecule has 0 aliphatic carbocycles. The van der Waals surface area contributed by atoms with Gasteiger partial charge in [0.2, 0.25) is 5.89 Å². The summed E-state index contributed by atoms with van der Waals surface area (Å²) in [7, 11) is 0. The van der Waals surface area contributed by atoms with Gasteiger partial charge in [-0.15, -0.1) is 0 Å². The predicted octanol–water partition coefficient (Wildman–Crippen LogP) is 11.7. The fraction of sp³-hybridized carbons (Fsp3) is 0. The molecule has 0 fully saturated rings. The highest BCUT2D eigenvalue weighted by atomic mass is 16.3. The molecule has 0 saturated heterocycles. The number of furan rings is 1. The van der Waals surface area contributed by atoms with Crippen molar-refractivity contribution in [1.82, 2.24) is 4.98 Å². The summed E-state index contributed by atoms with van der Waals surface area (Å²) in [4.78, 5) is 7.15. The van der Waals surface area contributed by atoms with Crippen LogP contribution in [0.3, 0.4) is 0 Å². The summed E-state index contributed by atoms with van der Waals surface area (Å²) in [6.45, 7) is 0. The first kappa shape index (κ1) is 25.4. The average Bonchev–Trinajstić information content (AvgIpc) is 3.71. The third kappa shape index (κ3) is 4.19. The molecule has 7 aromatic carbocycles. The van der Waals surface area contributed by atoms with Crippen LogP contribution in [0.5, 0.6) is 0 Å². The van der Waals surface area contributed by atoms with Crippen molar-refractivity contribution in [2.24, 2.45) is 0 Å². The summed E-state index contributed by atoms with van der Waals surface area (Å²) >= 11 is 0. The van der Waals surface area contributed by atoms with Crippen molar-refractivity contribution in [3.05, 3.63) is 158 Å². The first-order valence-corrected chi connectivity index (χ1v) is 15.1. The largest absolute Gasteiger partial charge is 0.454 e. The Morgan fingerprint density at radius 2 is 1.20 bits per heavy atom. The van der Waals surface area contributed by atoms with Gasteiger partial charge >= 0.3 is 0 Å². The summed E-state index contributed by atoms with van der Waals surface area (Å²) in [6, 6.07) is 54.5. The second-order valence-electron chi connectivity index (χ2n) is 11.2. The third-order valence-electron chi connectivity index (χ3n) is 8.49. The molecular weight excluding hydrogens is 552 g/mol. The van der Waals surface area contributed by atoms with E-state index in [1.54, 1.807) is 0 Å². The number of para-hydroxylation sites is 4. The number of benzene rings is 7. The maximum absolute atomic E-state index is 6.77. The van der Waals surface area contributed by atoms with Gasteiger partial charge < -0.3 is 13.7 Å². The lowest BCUT2D eigenvalue weighted by atomic mass is 10.0. The van der Waals surface area contributed by atoms with Gasteiger partial charge in [0.25, 0.3) is 0 Å². The van der Waals surface area contributed by atoms with Crippen molar-refractivity contribution in [3.8, 4) is 22.6 Å². The van der Waals surface area contributed by atoms with Crippen molar-refractivity contribution < 1.29 is 8.83 Å². The topological polar surface area (TPSA) is 42.4 Å². The SMILES string of the molecule is c1ccc(-c2ccccc2N(c2ccc3ccccc3c2)c2cccc3c2oc2cccc(-c4nc5ccccc5o4)c23)cc1. The van der Waals surface area contributed by atoms with Crippen LogP contribution in [0.25, 0.3) is 66.4 Å². The van der Waals surface area contributed by atoms with E-state index in [1.165, 1.54) is 10.8 Å². The molecule has 0 aliphatic rings. The first-order valence-electron chi connectivity index (χ1n) is 15.1. The molecular formula is C41H26N2O2. The van der Waals surface area contributed by atoms with Gasteiger partial charge in [0.15, 0.2) is 11.2 Å². The van der Waals surface area contributed by atoms with E-state index in [0.717, 1.165) is 66.8 Å². The second kappa shape index (κ2) is 10.2. The van der Waals surface area contributed by atoms with Crippen LogP contribution in [-0.2, 0) is 0 Å². The minimum absolute atomic E-state index is 0.579. The molecule has 2 heterocycles. The molecule has 0 N–H and O–H groups in total. The molecule has 9 aromatic rings. The van der Waals surface area contributed by atoms with E-state index >= 15 is 0 Å². The molecule has 0 aliphatic heterocycles. The second-order valence-corrected chi connectivity index (χ2v) is 11.2. The van der Waals surface area contributed by atoms with Gasteiger partial charge in [0, 0.05) is 27.6 Å². The average molecular weight is 579 g/mol. The maximum atomic E-state index is 6.77. The molecule has 0 bridgehead atoms. The smallest absolute Gasteiger partial charge is 0.228 e. The lowest BCUT2D eigenvalue weighted by Crippen LogP contribution is -2.11. The fourth-order valence-electron chi connectivity index (χ4n) is 6.43. The van der Waals surface area contributed by atoms with E-state index in [4.69, 9.17) is 13.8 Å². The van der Waals surface area contributed by atoms with Gasteiger partial charge in [-0.05, 0) is 64.9 Å². The Labute approximate surface area is 259 Å². The van der Waals surface area contributed by atoms with Gasteiger partial charge in [0.05, 0.1) is 11.4 Å². The molecule has 2 aromatic heterocycles. The van der Waals surface area contributed by atoms with Crippen molar-refractivity contribution in [2.45, 2.75) is 0 Å². The number of anilines is 3. The zero-order valence-corrected chi connectivity index (χ0v) is 24.2. The minimum atomic E-state index is 0.579. The van der Waals surface area contributed by atoms with Crippen molar-refractivity contribution in [1.29, 1.82) is 0 Å². The van der Waals surface area contributed by atoms with Crippen molar-refractivity contribution in [3.63, 3.8) is 0 Å². The number of fused-ring (bicyclic) bond motifs is 5. The molecule has 0 saturated carbocycles. The van der Waals surface area contributed by atoms with Crippen LogP contribution in [-0.4, -0.2) is 4.98 Å². The first-order chi connectivity index (χ1) is 22.3. The molecule has 0 atom stereocenters. The van der Waals surface area contributed by atoms with E-state index in [9.17, 15) is 0 Å². The van der Waals surface area contributed by atoms with Crippen molar-refractivity contribution in [2.75, 3.05) is 4.90 Å². The van der Waals surface area contributed by atoms with Gasteiger partial charge in [0.1, 0.15) is 11.1 Å². The maximum Gasteiger partial charge on any atom is 0.228 e. The van der Waals surface area contributed by atoms with Crippen LogP contribution in [0.1, 0.15) is 0 Å². The van der Waals surface area contributed by atoms with Gasteiger partial charge in [-0.1, -0.05) is 109 Å². The molecule has 4 nitrogen and oxygen atoms in total. The third-order valence-corrected chi connectivity index (χ3v) is 8.49. The van der Waals surface area contributed by atoms with E-state index in [2.05, 4.69) is 126 Å². The number of oxazole rings is 1. The highest BCUT2D eigenvalue weighted by molar-refractivity contribution is 6.15. The van der Waals surface area contributed by atoms with Crippen LogP contribution in [0.4, 0.5) is 17.1 Å². The minimum Gasteiger partial charge on any atom is -0.454 e. The van der Waals surface area contributed by atoms with Crippen LogP contribution in [0, 0.1) is 0 Å². The van der Waals surface area contributed by atoms with Crippen LogP contribution in [0.15, 0.2) is 167 Å². The molecule has 212 valence electrons. The van der Waals surface area contributed by atoms with Crippen LogP contribution >= 0.6 is 0 Å². The Morgan fingerprint density at radius 3 is 2.11 bits per heavy atom. The standard InChI is InChI=1S/C41H26N2O2/c1-2-13-28(14-3-1)31-16-6-8-20-35(31)43(30-25-24-27-12-4-5-15-29(27)26-30)36-21-10-17-32-39-33(18-11-23-38(39)44-40(32)36)41-42-34-19-7-9-22-37(34)45-41/h1-26H. The molecule has 45 heavy (non-hydrogen) atoms. The Hall–Kier alpha value is -6.13. The molecule has 0 unspecified atom stereocenters. The van der Waals surface area contributed by atoms with E-state index in [-0.39, 0.29) is 0 Å². The van der Waals surface area contributed by atoms with Crippen LogP contribution in [0.2, 0.25) is 0 Å². The quantitative estimate of drug-likeness (QED) is 0.204. The number of hydrogen-bond donors (Lipinski definition) is 0. The van der Waals surface area contributed by atoms with E-state index in [1.807, 2.05) is 36.4 Å². The fourth-order valence-corrected chi connectivity index (χ4v) is 6.43.